The van der Waals surface area contributed by atoms with Gasteiger partial charge in [-0.2, -0.15) is 0 Å². The number of rotatable bonds is 4. The molecule has 0 aliphatic rings. The van der Waals surface area contributed by atoms with E-state index in [4.69, 9.17) is 15.3 Å². The van der Waals surface area contributed by atoms with E-state index in [1.54, 1.807) is 0 Å². The van der Waals surface area contributed by atoms with Crippen LogP contribution in [0.4, 0.5) is 0 Å². The van der Waals surface area contributed by atoms with Crippen LogP contribution in [0.25, 0.3) is 0 Å². The van der Waals surface area contributed by atoms with Crippen molar-refractivity contribution < 1.29 is 24.9 Å². The second-order valence-corrected chi connectivity index (χ2v) is 2.36. The molecule has 0 rings (SSSR count). The maximum Gasteiger partial charge on any atom is 0.332 e. The highest BCUT2D eigenvalue weighted by Crippen LogP contribution is 2.07. The third-order valence-electron chi connectivity index (χ3n) is 1.29. The van der Waals surface area contributed by atoms with Gasteiger partial charge in [-0.3, -0.25) is 4.79 Å². The molecule has 0 bridgehead atoms. The van der Waals surface area contributed by atoms with Gasteiger partial charge in [0.15, 0.2) is 6.10 Å². The first-order chi connectivity index (χ1) is 4.95. The Morgan fingerprint density at radius 1 is 1.36 bits per heavy atom. The molecule has 3 N–H and O–H groups in total. The zero-order chi connectivity index (χ0) is 9.02. The average molecular weight is 162 g/mol. The zero-order valence-corrected chi connectivity index (χ0v) is 6.02. The van der Waals surface area contributed by atoms with Crippen molar-refractivity contribution in [2.45, 2.75) is 19.4 Å². The van der Waals surface area contributed by atoms with Gasteiger partial charge in [-0.05, 0) is 0 Å². The van der Waals surface area contributed by atoms with Crippen LogP contribution in [0, 0.1) is 5.92 Å². The number of carboxylic acids is 2. The Balaban J connectivity index is 3.92. The second kappa shape index (κ2) is 3.92. The molecule has 2 unspecified atom stereocenters. The Morgan fingerprint density at radius 3 is 2.09 bits per heavy atom. The van der Waals surface area contributed by atoms with Gasteiger partial charge >= 0.3 is 11.9 Å². The monoisotopic (exact) mass is 162 g/mol. The standard InChI is InChI=1S/C6H10O5/c1-3(2-4(7)8)5(9)6(10)11/h3,5,9H,2H2,1H3,(H,7,8)(H,10,11). The first-order valence-electron chi connectivity index (χ1n) is 3.07. The minimum absolute atomic E-state index is 0.340. The summed E-state index contributed by atoms with van der Waals surface area (Å²) >= 11 is 0. The molecule has 0 aromatic rings. The van der Waals surface area contributed by atoms with E-state index < -0.39 is 24.0 Å². The lowest BCUT2D eigenvalue weighted by molar-refractivity contribution is -0.150. The van der Waals surface area contributed by atoms with Gasteiger partial charge in [-0.25, -0.2) is 4.79 Å². The Labute approximate surface area is 63.3 Å². The molecule has 5 nitrogen and oxygen atoms in total. The first kappa shape index (κ1) is 9.90. The SMILES string of the molecule is CC(CC(=O)O)C(O)C(=O)O. The number of carbonyl (C=O) groups is 2. The van der Waals surface area contributed by atoms with E-state index in [-0.39, 0.29) is 6.42 Å². The third-order valence-corrected chi connectivity index (χ3v) is 1.29. The summed E-state index contributed by atoms with van der Waals surface area (Å²) in [4.78, 5) is 20.1. The van der Waals surface area contributed by atoms with Crippen LogP contribution in [0.2, 0.25) is 0 Å². The van der Waals surface area contributed by atoms with Crippen molar-refractivity contribution in [1.29, 1.82) is 0 Å². The molecule has 0 saturated carbocycles. The van der Waals surface area contributed by atoms with Crippen LogP contribution < -0.4 is 0 Å². The van der Waals surface area contributed by atoms with Crippen molar-refractivity contribution in [3.05, 3.63) is 0 Å². The molecule has 0 aromatic carbocycles. The van der Waals surface area contributed by atoms with Gasteiger partial charge < -0.3 is 15.3 Å². The Kier molecular flexibility index (Phi) is 3.53. The molecule has 0 aliphatic carbocycles. The summed E-state index contributed by atoms with van der Waals surface area (Å²) in [5.41, 5.74) is 0. The predicted molar refractivity (Wildman–Crippen MR) is 35.1 cm³/mol. The van der Waals surface area contributed by atoms with Crippen molar-refractivity contribution in [3.63, 3.8) is 0 Å². The van der Waals surface area contributed by atoms with Gasteiger partial charge in [0.2, 0.25) is 0 Å². The van der Waals surface area contributed by atoms with Crippen LogP contribution in [0.3, 0.4) is 0 Å². The zero-order valence-electron chi connectivity index (χ0n) is 6.02. The summed E-state index contributed by atoms with van der Waals surface area (Å²) in [6.45, 7) is 1.37. The molecule has 64 valence electrons. The Hall–Kier alpha value is -1.10. The predicted octanol–water partition coefficient (Wildman–Crippen LogP) is -0.457. The van der Waals surface area contributed by atoms with Crippen molar-refractivity contribution in [1.82, 2.24) is 0 Å². The summed E-state index contributed by atoms with van der Waals surface area (Å²) in [6.07, 6.45) is -1.93. The van der Waals surface area contributed by atoms with Gasteiger partial charge in [0.05, 0.1) is 6.42 Å². The van der Waals surface area contributed by atoms with Gasteiger partial charge in [-0.15, -0.1) is 0 Å². The van der Waals surface area contributed by atoms with Crippen LogP contribution in [-0.4, -0.2) is 33.4 Å². The number of aliphatic hydroxyl groups is 1. The molecule has 2 atom stereocenters. The van der Waals surface area contributed by atoms with Gasteiger partial charge in [0.25, 0.3) is 0 Å². The van der Waals surface area contributed by atoms with E-state index in [0.717, 1.165) is 0 Å². The van der Waals surface area contributed by atoms with E-state index in [9.17, 15) is 9.59 Å². The normalized spacial score (nSPS) is 15.5. The van der Waals surface area contributed by atoms with Crippen molar-refractivity contribution in [3.8, 4) is 0 Å². The first-order valence-corrected chi connectivity index (χ1v) is 3.07. The molecule has 0 radical (unpaired) electrons. The molecule has 0 heterocycles. The molecule has 0 fully saturated rings. The Bertz CT molecular complexity index is 164. The molecule has 0 amide bonds. The van der Waals surface area contributed by atoms with Gasteiger partial charge in [-0.1, -0.05) is 6.92 Å². The topological polar surface area (TPSA) is 94.8 Å². The Morgan fingerprint density at radius 2 is 1.82 bits per heavy atom. The van der Waals surface area contributed by atoms with Crippen LogP contribution in [0.1, 0.15) is 13.3 Å². The third kappa shape index (κ3) is 3.57. The number of hydrogen-bond donors (Lipinski definition) is 3. The average Bonchev–Trinajstić information content (AvgIpc) is 1.84. The maximum atomic E-state index is 10.1. The molecule has 0 saturated heterocycles. The van der Waals surface area contributed by atoms with Crippen molar-refractivity contribution in [2.24, 2.45) is 5.92 Å². The highest BCUT2D eigenvalue weighted by Gasteiger charge is 2.23. The molecule has 0 spiro atoms. The van der Waals surface area contributed by atoms with Gasteiger partial charge in [0.1, 0.15) is 0 Å². The maximum absolute atomic E-state index is 10.1. The fraction of sp³-hybridized carbons (Fsp3) is 0.667. The van der Waals surface area contributed by atoms with E-state index in [2.05, 4.69) is 0 Å². The summed E-state index contributed by atoms with van der Waals surface area (Å²) in [5, 5.41) is 25.2. The number of hydrogen-bond acceptors (Lipinski definition) is 3. The van der Waals surface area contributed by atoms with Crippen molar-refractivity contribution >= 4 is 11.9 Å². The fourth-order valence-corrected chi connectivity index (χ4v) is 0.630. The number of carboxylic acid groups (broad SMARTS) is 2. The lowest BCUT2D eigenvalue weighted by Crippen LogP contribution is -2.28. The summed E-state index contributed by atoms with van der Waals surface area (Å²) in [7, 11) is 0. The van der Waals surface area contributed by atoms with Crippen LogP contribution >= 0.6 is 0 Å². The van der Waals surface area contributed by atoms with E-state index in [0.29, 0.717) is 0 Å². The van der Waals surface area contributed by atoms with E-state index in [1.165, 1.54) is 6.92 Å². The second-order valence-electron chi connectivity index (χ2n) is 2.36. The van der Waals surface area contributed by atoms with Crippen LogP contribution in [0.15, 0.2) is 0 Å². The van der Waals surface area contributed by atoms with Crippen LogP contribution in [0.5, 0.6) is 0 Å². The largest absolute Gasteiger partial charge is 0.481 e. The quantitative estimate of drug-likeness (QED) is 0.520. The molecule has 0 aromatic heterocycles. The molecule has 5 heteroatoms. The summed E-state index contributed by atoms with van der Waals surface area (Å²) in [5.74, 6) is -3.26. The highest BCUT2D eigenvalue weighted by atomic mass is 16.4. The van der Waals surface area contributed by atoms with E-state index in [1.807, 2.05) is 0 Å². The lowest BCUT2D eigenvalue weighted by Gasteiger charge is -2.11. The highest BCUT2D eigenvalue weighted by molar-refractivity contribution is 5.74. The summed E-state index contributed by atoms with van der Waals surface area (Å²) < 4.78 is 0. The minimum Gasteiger partial charge on any atom is -0.481 e. The number of aliphatic hydroxyl groups excluding tert-OH is 1. The number of aliphatic carboxylic acids is 2. The summed E-state index contributed by atoms with van der Waals surface area (Å²) in [6, 6.07) is 0. The van der Waals surface area contributed by atoms with Crippen molar-refractivity contribution in [2.75, 3.05) is 0 Å². The van der Waals surface area contributed by atoms with E-state index >= 15 is 0 Å². The molecule has 0 aliphatic heterocycles. The molecular weight excluding hydrogens is 152 g/mol. The smallest absolute Gasteiger partial charge is 0.332 e. The molecular formula is C6H10O5. The van der Waals surface area contributed by atoms with Gasteiger partial charge in [0, 0.05) is 5.92 Å². The lowest BCUT2D eigenvalue weighted by atomic mass is 10.0. The minimum atomic E-state index is -1.59. The molecule has 11 heavy (non-hydrogen) atoms. The van der Waals surface area contributed by atoms with Crippen LogP contribution in [-0.2, 0) is 9.59 Å². The fourth-order valence-electron chi connectivity index (χ4n) is 0.630.